The number of hydrogen-bond donors (Lipinski definition) is 0. The summed E-state index contributed by atoms with van der Waals surface area (Å²) in [6.45, 7) is 3.82. The fourth-order valence-electron chi connectivity index (χ4n) is 2.98. The van der Waals surface area contributed by atoms with Crippen LogP contribution >= 0.6 is 11.6 Å². The lowest BCUT2D eigenvalue weighted by Crippen LogP contribution is -2.48. The van der Waals surface area contributed by atoms with Crippen LogP contribution in [0, 0.1) is 5.82 Å². The molecular formula is C22H22ClFN2O. The van der Waals surface area contributed by atoms with Crippen LogP contribution in [0.1, 0.15) is 11.1 Å². The minimum Gasteiger partial charge on any atom is -0.337 e. The molecule has 1 fully saturated rings. The number of carbonyl (C=O) groups excluding carboxylic acids is 1. The van der Waals surface area contributed by atoms with Gasteiger partial charge in [-0.25, -0.2) is 4.39 Å². The molecule has 0 saturated carbocycles. The zero-order valence-corrected chi connectivity index (χ0v) is 15.8. The van der Waals surface area contributed by atoms with Crippen LogP contribution in [0.15, 0.2) is 60.7 Å². The lowest BCUT2D eigenvalue weighted by Gasteiger charge is -2.33. The lowest BCUT2D eigenvalue weighted by atomic mass is 10.2. The molecule has 2 aromatic rings. The third-order valence-electron chi connectivity index (χ3n) is 4.55. The highest BCUT2D eigenvalue weighted by Gasteiger charge is 2.18. The molecule has 1 heterocycles. The maximum absolute atomic E-state index is 13.8. The van der Waals surface area contributed by atoms with Crippen LogP contribution in [0.5, 0.6) is 0 Å². The Hall–Kier alpha value is -2.43. The Bertz CT molecular complexity index is 807. The van der Waals surface area contributed by atoms with Gasteiger partial charge in [0.15, 0.2) is 0 Å². The molecule has 0 aliphatic carbocycles. The Morgan fingerprint density at radius 1 is 1.00 bits per heavy atom. The molecule has 2 aromatic carbocycles. The molecule has 0 N–H and O–H groups in total. The zero-order valence-electron chi connectivity index (χ0n) is 15.0. The fraction of sp³-hybridized carbons (Fsp3) is 0.227. The van der Waals surface area contributed by atoms with Crippen molar-refractivity contribution in [1.29, 1.82) is 0 Å². The van der Waals surface area contributed by atoms with Gasteiger partial charge in [0.05, 0.1) is 5.02 Å². The van der Waals surface area contributed by atoms with Crippen molar-refractivity contribution >= 4 is 29.7 Å². The summed E-state index contributed by atoms with van der Waals surface area (Å²) in [5.41, 5.74) is 1.43. The Labute approximate surface area is 164 Å². The molecule has 1 saturated heterocycles. The van der Waals surface area contributed by atoms with Gasteiger partial charge in [0, 0.05) is 44.4 Å². The van der Waals surface area contributed by atoms with Gasteiger partial charge in [0.2, 0.25) is 5.91 Å². The van der Waals surface area contributed by atoms with Crippen molar-refractivity contribution in [3.8, 4) is 0 Å². The lowest BCUT2D eigenvalue weighted by molar-refractivity contribution is -0.127. The Kier molecular flexibility index (Phi) is 6.80. The number of hydrogen-bond acceptors (Lipinski definition) is 2. The predicted octanol–water partition coefficient (Wildman–Crippen LogP) is 4.35. The van der Waals surface area contributed by atoms with Crippen molar-refractivity contribution in [3.63, 3.8) is 0 Å². The molecule has 140 valence electrons. The molecule has 0 unspecified atom stereocenters. The van der Waals surface area contributed by atoms with Crippen molar-refractivity contribution < 1.29 is 9.18 Å². The SMILES string of the molecule is O=C(C=Cc1c(F)cccc1Cl)N1CCN(CC=Cc2ccccc2)CC1. The Balaban J connectivity index is 1.48. The maximum atomic E-state index is 13.8. The van der Waals surface area contributed by atoms with Gasteiger partial charge in [-0.3, -0.25) is 9.69 Å². The van der Waals surface area contributed by atoms with E-state index < -0.39 is 5.82 Å². The van der Waals surface area contributed by atoms with E-state index in [1.54, 1.807) is 17.0 Å². The van der Waals surface area contributed by atoms with Gasteiger partial charge in [-0.15, -0.1) is 0 Å². The second kappa shape index (κ2) is 9.49. The average molecular weight is 385 g/mol. The second-order valence-electron chi connectivity index (χ2n) is 6.41. The van der Waals surface area contributed by atoms with Gasteiger partial charge < -0.3 is 4.90 Å². The van der Waals surface area contributed by atoms with Gasteiger partial charge in [-0.2, -0.15) is 0 Å². The molecule has 1 aliphatic rings. The summed E-state index contributed by atoms with van der Waals surface area (Å²) in [5.74, 6) is -0.546. The predicted molar refractivity (Wildman–Crippen MR) is 109 cm³/mol. The number of carbonyl (C=O) groups is 1. The average Bonchev–Trinajstić information content (AvgIpc) is 2.69. The molecule has 3 rings (SSSR count). The monoisotopic (exact) mass is 384 g/mol. The molecule has 1 aliphatic heterocycles. The fourth-order valence-corrected chi connectivity index (χ4v) is 3.21. The zero-order chi connectivity index (χ0) is 19.1. The Morgan fingerprint density at radius 2 is 1.74 bits per heavy atom. The van der Waals surface area contributed by atoms with Gasteiger partial charge >= 0.3 is 0 Å². The molecule has 5 heteroatoms. The molecule has 0 bridgehead atoms. The van der Waals surface area contributed by atoms with Crippen LogP contribution < -0.4 is 0 Å². The molecule has 0 aromatic heterocycles. The van der Waals surface area contributed by atoms with E-state index in [2.05, 4.69) is 29.2 Å². The van der Waals surface area contributed by atoms with Gasteiger partial charge in [0.1, 0.15) is 5.82 Å². The summed E-state index contributed by atoms with van der Waals surface area (Å²) in [5, 5.41) is 0.300. The van der Waals surface area contributed by atoms with Crippen LogP contribution in [-0.4, -0.2) is 48.4 Å². The standard InChI is InChI=1S/C22H22ClFN2O/c23-20-9-4-10-21(24)19(20)11-12-22(27)26-16-14-25(15-17-26)13-5-8-18-6-2-1-3-7-18/h1-12H,13-17H2. The summed E-state index contributed by atoms with van der Waals surface area (Å²) in [6.07, 6.45) is 7.11. The minimum absolute atomic E-state index is 0.117. The van der Waals surface area contributed by atoms with Crippen LogP contribution in [0.3, 0.4) is 0 Å². The topological polar surface area (TPSA) is 23.6 Å². The van der Waals surface area contributed by atoms with Crippen molar-refractivity contribution in [2.75, 3.05) is 32.7 Å². The first kappa shape index (κ1) is 19.3. The van der Waals surface area contributed by atoms with Crippen molar-refractivity contribution in [3.05, 3.63) is 82.6 Å². The maximum Gasteiger partial charge on any atom is 0.246 e. The van der Waals surface area contributed by atoms with Crippen LogP contribution in [-0.2, 0) is 4.79 Å². The van der Waals surface area contributed by atoms with Gasteiger partial charge in [-0.1, -0.05) is 60.2 Å². The first-order chi connectivity index (χ1) is 13.1. The molecule has 0 radical (unpaired) electrons. The molecule has 27 heavy (non-hydrogen) atoms. The van der Waals surface area contributed by atoms with Gasteiger partial charge in [-0.05, 0) is 23.8 Å². The molecule has 3 nitrogen and oxygen atoms in total. The summed E-state index contributed by atoms with van der Waals surface area (Å²) in [7, 11) is 0. The first-order valence-electron chi connectivity index (χ1n) is 8.98. The second-order valence-corrected chi connectivity index (χ2v) is 6.81. The minimum atomic E-state index is -0.429. The van der Waals surface area contributed by atoms with Crippen LogP contribution in [0.4, 0.5) is 4.39 Å². The van der Waals surface area contributed by atoms with E-state index in [0.29, 0.717) is 18.1 Å². The normalized spacial score (nSPS) is 15.7. The highest BCUT2D eigenvalue weighted by Crippen LogP contribution is 2.20. The van der Waals surface area contributed by atoms with E-state index in [-0.39, 0.29) is 11.5 Å². The Morgan fingerprint density at radius 3 is 2.44 bits per heavy atom. The quantitative estimate of drug-likeness (QED) is 0.715. The highest BCUT2D eigenvalue weighted by atomic mass is 35.5. The molecule has 1 amide bonds. The largest absolute Gasteiger partial charge is 0.337 e. The van der Waals surface area contributed by atoms with E-state index in [4.69, 9.17) is 11.6 Å². The number of rotatable bonds is 5. The smallest absolute Gasteiger partial charge is 0.246 e. The van der Waals surface area contributed by atoms with Crippen molar-refractivity contribution in [2.24, 2.45) is 0 Å². The van der Waals surface area contributed by atoms with E-state index >= 15 is 0 Å². The van der Waals surface area contributed by atoms with E-state index in [9.17, 15) is 9.18 Å². The van der Waals surface area contributed by atoms with Crippen molar-refractivity contribution in [2.45, 2.75) is 0 Å². The molecule has 0 spiro atoms. The van der Waals surface area contributed by atoms with E-state index in [1.165, 1.54) is 23.8 Å². The first-order valence-corrected chi connectivity index (χ1v) is 9.36. The number of benzene rings is 2. The number of amides is 1. The van der Waals surface area contributed by atoms with E-state index in [1.807, 2.05) is 18.2 Å². The summed E-state index contributed by atoms with van der Waals surface area (Å²) >= 11 is 5.98. The van der Waals surface area contributed by atoms with Gasteiger partial charge in [0.25, 0.3) is 0 Å². The number of nitrogens with zero attached hydrogens (tertiary/aromatic N) is 2. The molecule has 0 atom stereocenters. The van der Waals surface area contributed by atoms with Crippen molar-refractivity contribution in [1.82, 2.24) is 9.80 Å². The third-order valence-corrected chi connectivity index (χ3v) is 4.88. The van der Waals surface area contributed by atoms with Crippen LogP contribution in [0.25, 0.3) is 12.2 Å². The third kappa shape index (κ3) is 5.52. The van der Waals surface area contributed by atoms with Crippen LogP contribution in [0.2, 0.25) is 5.02 Å². The summed E-state index contributed by atoms with van der Waals surface area (Å²) < 4.78 is 13.8. The number of halogens is 2. The highest BCUT2D eigenvalue weighted by molar-refractivity contribution is 6.32. The summed E-state index contributed by atoms with van der Waals surface area (Å²) in [6, 6.07) is 14.7. The number of piperazine rings is 1. The van der Waals surface area contributed by atoms with E-state index in [0.717, 1.165) is 19.6 Å². The summed E-state index contributed by atoms with van der Waals surface area (Å²) in [4.78, 5) is 16.4. The molecular weight excluding hydrogens is 363 g/mol.